The molecule has 0 aromatic heterocycles. The van der Waals surface area contributed by atoms with E-state index in [1.54, 1.807) is 0 Å². The predicted octanol–water partition coefficient (Wildman–Crippen LogP) is 4.19. The number of rotatable bonds is 8. The summed E-state index contributed by atoms with van der Waals surface area (Å²) in [4.78, 5) is 15.4. The highest BCUT2D eigenvalue weighted by molar-refractivity contribution is 5.86. The van der Waals surface area contributed by atoms with Gasteiger partial charge < -0.3 is 10.1 Å². The summed E-state index contributed by atoms with van der Waals surface area (Å²) in [5.74, 6) is 0.993. The number of hydrogen-bond acceptors (Lipinski definition) is 3. The van der Waals surface area contributed by atoms with E-state index in [4.69, 9.17) is 4.74 Å². The van der Waals surface area contributed by atoms with Crippen molar-refractivity contribution in [1.82, 2.24) is 10.2 Å². The number of aryl methyl sites for hydroxylation is 1. The molecule has 1 saturated heterocycles. The van der Waals surface area contributed by atoms with Crippen molar-refractivity contribution in [1.29, 1.82) is 0 Å². The number of piperidine rings is 1. The molecule has 150 valence electrons. The highest BCUT2D eigenvalue weighted by Gasteiger charge is 2.40. The Hall–Kier alpha value is -2.33. The summed E-state index contributed by atoms with van der Waals surface area (Å²) < 4.78 is 5.86. The summed E-state index contributed by atoms with van der Waals surface area (Å²) in [6.45, 7) is 7.08. The molecule has 1 fully saturated rings. The van der Waals surface area contributed by atoms with E-state index < -0.39 is 5.54 Å². The van der Waals surface area contributed by atoms with Crippen LogP contribution in [0.1, 0.15) is 44.2 Å². The van der Waals surface area contributed by atoms with E-state index in [2.05, 4.69) is 48.3 Å². The van der Waals surface area contributed by atoms with Crippen LogP contribution in [0.5, 0.6) is 5.75 Å². The molecule has 0 saturated carbocycles. The molecule has 4 heteroatoms. The Morgan fingerprint density at radius 2 is 1.79 bits per heavy atom. The minimum absolute atomic E-state index is 0.117. The molecule has 0 radical (unpaired) electrons. The highest BCUT2D eigenvalue weighted by Crippen LogP contribution is 2.28. The molecule has 1 unspecified atom stereocenters. The Balaban J connectivity index is 1.55. The minimum Gasteiger partial charge on any atom is -0.492 e. The first-order chi connectivity index (χ1) is 13.6. The van der Waals surface area contributed by atoms with E-state index in [1.165, 1.54) is 5.56 Å². The fourth-order valence-electron chi connectivity index (χ4n) is 3.85. The van der Waals surface area contributed by atoms with Gasteiger partial charge in [-0.1, -0.05) is 49.4 Å². The smallest absolute Gasteiger partial charge is 0.240 e. The second-order valence-corrected chi connectivity index (χ2v) is 7.73. The summed E-state index contributed by atoms with van der Waals surface area (Å²) in [5.41, 5.74) is 1.99. The average molecular weight is 381 g/mol. The monoisotopic (exact) mass is 380 g/mol. The lowest BCUT2D eigenvalue weighted by Gasteiger charge is -2.43. The molecule has 4 nitrogen and oxygen atoms in total. The van der Waals surface area contributed by atoms with Gasteiger partial charge in [0.1, 0.15) is 12.4 Å². The quantitative estimate of drug-likeness (QED) is 0.747. The van der Waals surface area contributed by atoms with Crippen LogP contribution in [0.4, 0.5) is 0 Å². The number of carbonyl (C=O) groups excluding carboxylic acids is 1. The third kappa shape index (κ3) is 5.14. The van der Waals surface area contributed by atoms with Gasteiger partial charge in [-0.3, -0.25) is 9.69 Å². The topological polar surface area (TPSA) is 41.6 Å². The summed E-state index contributed by atoms with van der Waals surface area (Å²) in [7, 11) is 0. The molecule has 2 aromatic carbocycles. The molecule has 0 aliphatic carbocycles. The van der Waals surface area contributed by atoms with Gasteiger partial charge in [-0.15, -0.1) is 0 Å². The fourth-order valence-corrected chi connectivity index (χ4v) is 3.85. The summed E-state index contributed by atoms with van der Waals surface area (Å²) in [6, 6.07) is 18.3. The summed E-state index contributed by atoms with van der Waals surface area (Å²) >= 11 is 0. The molecule has 0 spiro atoms. The third-order valence-electron chi connectivity index (χ3n) is 5.79. The number of hydrogen-bond donors (Lipinski definition) is 1. The maximum absolute atomic E-state index is 13.1. The molecule has 28 heavy (non-hydrogen) atoms. The number of para-hydroxylation sites is 1. The van der Waals surface area contributed by atoms with Gasteiger partial charge in [-0.2, -0.15) is 0 Å². The first-order valence-electron chi connectivity index (χ1n) is 10.4. The first kappa shape index (κ1) is 20.4. The van der Waals surface area contributed by atoms with Crippen molar-refractivity contribution in [2.75, 3.05) is 19.7 Å². The average Bonchev–Trinajstić information content (AvgIpc) is 2.74. The van der Waals surface area contributed by atoms with Crippen molar-refractivity contribution >= 4 is 5.91 Å². The Kier molecular flexibility index (Phi) is 7.10. The van der Waals surface area contributed by atoms with E-state index in [0.717, 1.165) is 50.1 Å². The van der Waals surface area contributed by atoms with Gasteiger partial charge in [0.2, 0.25) is 5.91 Å². The zero-order valence-corrected chi connectivity index (χ0v) is 17.1. The van der Waals surface area contributed by atoms with Crippen molar-refractivity contribution in [2.45, 2.75) is 51.6 Å². The number of benzene rings is 2. The van der Waals surface area contributed by atoms with Crippen LogP contribution in [0.15, 0.2) is 54.6 Å². The largest absolute Gasteiger partial charge is 0.492 e. The zero-order chi connectivity index (χ0) is 19.8. The van der Waals surface area contributed by atoms with Crippen molar-refractivity contribution < 1.29 is 9.53 Å². The van der Waals surface area contributed by atoms with Crippen LogP contribution in [-0.2, 0) is 17.8 Å². The van der Waals surface area contributed by atoms with E-state index >= 15 is 0 Å². The van der Waals surface area contributed by atoms with Crippen LogP contribution in [0.25, 0.3) is 0 Å². The molecule has 1 atom stereocenters. The SMILES string of the molecule is CCc1ccc(CNC(=O)C2(C)CCCCN2CCOc2ccccc2)cc1. The number of carbonyl (C=O) groups is 1. The Morgan fingerprint density at radius 1 is 1.07 bits per heavy atom. The normalized spacial score (nSPS) is 19.9. The Morgan fingerprint density at radius 3 is 2.50 bits per heavy atom. The molecule has 1 aliphatic rings. The van der Waals surface area contributed by atoms with Gasteiger partial charge in [0, 0.05) is 13.1 Å². The van der Waals surface area contributed by atoms with E-state index in [1.807, 2.05) is 30.3 Å². The van der Waals surface area contributed by atoms with Crippen molar-refractivity contribution in [2.24, 2.45) is 0 Å². The molecular formula is C24H32N2O2. The van der Waals surface area contributed by atoms with E-state index in [9.17, 15) is 4.79 Å². The maximum Gasteiger partial charge on any atom is 0.240 e. The van der Waals surface area contributed by atoms with E-state index in [-0.39, 0.29) is 5.91 Å². The standard InChI is InChI=1S/C24H32N2O2/c1-3-20-11-13-21(14-12-20)19-25-23(27)24(2)15-7-8-16-26(24)17-18-28-22-9-5-4-6-10-22/h4-6,9-14H,3,7-8,15-19H2,1-2H3,(H,25,27). The van der Waals surface area contributed by atoms with Gasteiger partial charge in [0.05, 0.1) is 5.54 Å². The van der Waals surface area contributed by atoms with Gasteiger partial charge in [-0.05, 0) is 62.4 Å². The van der Waals surface area contributed by atoms with Crippen LogP contribution in [0.3, 0.4) is 0 Å². The molecule has 1 aliphatic heterocycles. The lowest BCUT2D eigenvalue weighted by atomic mass is 9.87. The molecule has 1 heterocycles. The molecule has 0 bridgehead atoms. The predicted molar refractivity (Wildman–Crippen MR) is 113 cm³/mol. The molecular weight excluding hydrogens is 348 g/mol. The van der Waals surface area contributed by atoms with Crippen molar-refractivity contribution in [3.63, 3.8) is 0 Å². The third-order valence-corrected chi connectivity index (χ3v) is 5.79. The summed E-state index contributed by atoms with van der Waals surface area (Å²) in [5, 5.41) is 3.16. The second kappa shape index (κ2) is 9.74. The van der Waals surface area contributed by atoms with Crippen molar-refractivity contribution in [3.05, 3.63) is 65.7 Å². The molecule has 2 aromatic rings. The van der Waals surface area contributed by atoms with Crippen LogP contribution in [-0.4, -0.2) is 36.0 Å². The minimum atomic E-state index is -0.471. The zero-order valence-electron chi connectivity index (χ0n) is 17.1. The highest BCUT2D eigenvalue weighted by atomic mass is 16.5. The maximum atomic E-state index is 13.1. The van der Waals surface area contributed by atoms with Crippen LogP contribution < -0.4 is 10.1 Å². The second-order valence-electron chi connectivity index (χ2n) is 7.73. The van der Waals surface area contributed by atoms with Gasteiger partial charge in [0.25, 0.3) is 0 Å². The van der Waals surface area contributed by atoms with Gasteiger partial charge in [0.15, 0.2) is 0 Å². The van der Waals surface area contributed by atoms with Crippen molar-refractivity contribution in [3.8, 4) is 5.75 Å². The first-order valence-corrected chi connectivity index (χ1v) is 10.4. The number of nitrogens with zero attached hydrogens (tertiary/aromatic N) is 1. The number of ether oxygens (including phenoxy) is 1. The van der Waals surface area contributed by atoms with Gasteiger partial charge in [-0.25, -0.2) is 0 Å². The molecule has 1 amide bonds. The van der Waals surface area contributed by atoms with Crippen LogP contribution >= 0.6 is 0 Å². The number of amides is 1. The van der Waals surface area contributed by atoms with Crippen LogP contribution in [0, 0.1) is 0 Å². The summed E-state index contributed by atoms with van der Waals surface area (Å²) in [6.07, 6.45) is 4.14. The number of nitrogens with one attached hydrogen (secondary N) is 1. The van der Waals surface area contributed by atoms with Crippen LogP contribution in [0.2, 0.25) is 0 Å². The Bertz CT molecular complexity index is 745. The lowest BCUT2D eigenvalue weighted by molar-refractivity contribution is -0.135. The fraction of sp³-hybridized carbons (Fsp3) is 0.458. The Labute approximate surface area is 168 Å². The lowest BCUT2D eigenvalue weighted by Crippen LogP contribution is -2.59. The molecule has 3 rings (SSSR count). The molecule has 1 N–H and O–H groups in total. The number of likely N-dealkylation sites (tertiary alicyclic amines) is 1. The van der Waals surface area contributed by atoms with Gasteiger partial charge >= 0.3 is 0 Å². The van der Waals surface area contributed by atoms with E-state index in [0.29, 0.717) is 13.2 Å².